The molecule has 0 aromatic heterocycles. The van der Waals surface area contributed by atoms with Crippen molar-refractivity contribution in [3.8, 4) is 0 Å². The summed E-state index contributed by atoms with van der Waals surface area (Å²) >= 11 is 0. The van der Waals surface area contributed by atoms with Gasteiger partial charge in [0, 0.05) is 41.3 Å². The summed E-state index contributed by atoms with van der Waals surface area (Å²) in [7, 11) is 0. The number of Topliss-reactive ketones (excluding diaryl/α,β-unsaturated/α-hetero) is 2. The van der Waals surface area contributed by atoms with Crippen LogP contribution >= 0.6 is 0 Å². The van der Waals surface area contributed by atoms with Crippen LogP contribution in [0.25, 0.3) is 0 Å². The molecule has 0 fully saturated rings. The number of carbonyl (C=O) groups excluding carboxylic acids is 2. The van der Waals surface area contributed by atoms with Crippen LogP contribution in [0.15, 0.2) is 107 Å². The van der Waals surface area contributed by atoms with Gasteiger partial charge in [0.15, 0.2) is 11.6 Å². The molecule has 0 amide bonds. The van der Waals surface area contributed by atoms with Gasteiger partial charge in [-0.25, -0.2) is 4.39 Å². The molecule has 3 aliphatic rings. The zero-order valence-corrected chi connectivity index (χ0v) is 19.3. The lowest BCUT2D eigenvalue weighted by Gasteiger charge is -2.40. The summed E-state index contributed by atoms with van der Waals surface area (Å²) in [5.74, 6) is -0.470. The topological polar surface area (TPSA) is 46.2 Å². The molecule has 3 aromatic carbocycles. The maximum absolute atomic E-state index is 13.8. The molecule has 35 heavy (non-hydrogen) atoms. The van der Waals surface area contributed by atoms with Gasteiger partial charge in [0.2, 0.25) is 0 Å². The Kier molecular flexibility index (Phi) is 5.44. The second kappa shape index (κ2) is 8.77. The third kappa shape index (κ3) is 3.93. The van der Waals surface area contributed by atoms with E-state index in [0.29, 0.717) is 36.8 Å². The number of nitrogens with one attached hydrogen (secondary N) is 1. The average molecular weight is 464 g/mol. The fraction of sp³-hybridized carbons (Fsp3) is 0.226. The Hall–Kier alpha value is -3.79. The van der Waals surface area contributed by atoms with E-state index < -0.39 is 5.92 Å². The molecule has 3 aromatic rings. The minimum Gasteiger partial charge on any atom is -0.362 e. The molecule has 6 rings (SSSR count). The second-order valence-electron chi connectivity index (χ2n) is 9.77. The first-order chi connectivity index (χ1) is 17.1. The third-order valence-electron chi connectivity index (χ3n) is 7.64. The quantitative estimate of drug-likeness (QED) is 0.495. The molecule has 2 aliphatic carbocycles. The van der Waals surface area contributed by atoms with E-state index in [1.165, 1.54) is 12.1 Å². The normalized spacial score (nSPS) is 24.1. The third-order valence-corrected chi connectivity index (χ3v) is 7.64. The highest BCUT2D eigenvalue weighted by Gasteiger charge is 2.43. The van der Waals surface area contributed by atoms with Crippen molar-refractivity contribution in [1.29, 1.82) is 0 Å². The minimum atomic E-state index is -0.449. The molecule has 0 spiro atoms. The van der Waals surface area contributed by atoms with Gasteiger partial charge in [-0.2, -0.15) is 0 Å². The monoisotopic (exact) mass is 463 g/mol. The molecule has 3 nitrogen and oxygen atoms in total. The molecule has 0 radical (unpaired) electrons. The lowest BCUT2D eigenvalue weighted by molar-refractivity contribution is -0.117. The highest BCUT2D eigenvalue weighted by molar-refractivity contribution is 6.07. The molecule has 0 saturated heterocycles. The number of dihydropyridines is 1. The highest BCUT2D eigenvalue weighted by atomic mass is 19.1. The van der Waals surface area contributed by atoms with Crippen LogP contribution in [0.2, 0.25) is 0 Å². The lowest BCUT2D eigenvalue weighted by atomic mass is 9.67. The molecule has 1 N–H and O–H groups in total. The summed E-state index contributed by atoms with van der Waals surface area (Å²) in [6.45, 7) is 0. The van der Waals surface area contributed by atoms with Crippen LogP contribution < -0.4 is 5.32 Å². The fourth-order valence-corrected chi connectivity index (χ4v) is 6.01. The largest absolute Gasteiger partial charge is 0.362 e. The maximum atomic E-state index is 13.8. The summed E-state index contributed by atoms with van der Waals surface area (Å²) in [5, 5.41) is 3.57. The van der Waals surface area contributed by atoms with Crippen LogP contribution in [-0.4, -0.2) is 11.6 Å². The zero-order chi connectivity index (χ0) is 23.9. The first-order valence-corrected chi connectivity index (χ1v) is 12.2. The number of benzene rings is 3. The number of hydrogen-bond acceptors (Lipinski definition) is 3. The van der Waals surface area contributed by atoms with E-state index in [9.17, 15) is 14.0 Å². The molecule has 1 unspecified atom stereocenters. The molecule has 1 aliphatic heterocycles. The van der Waals surface area contributed by atoms with Crippen LogP contribution in [0.3, 0.4) is 0 Å². The van der Waals surface area contributed by atoms with Crippen LogP contribution in [0, 0.1) is 5.82 Å². The van der Waals surface area contributed by atoms with E-state index in [0.717, 1.165) is 28.1 Å². The Morgan fingerprint density at radius 1 is 0.571 bits per heavy atom. The molecule has 174 valence electrons. The smallest absolute Gasteiger partial charge is 0.162 e. The van der Waals surface area contributed by atoms with Crippen LogP contribution in [-0.2, 0) is 9.59 Å². The summed E-state index contributed by atoms with van der Waals surface area (Å²) in [6.07, 6.45) is 2.24. The molecule has 0 bridgehead atoms. The molecule has 4 heteroatoms. The number of carbonyl (C=O) groups is 2. The van der Waals surface area contributed by atoms with Gasteiger partial charge in [0.1, 0.15) is 5.82 Å². The van der Waals surface area contributed by atoms with Gasteiger partial charge in [0.05, 0.1) is 0 Å². The van der Waals surface area contributed by atoms with Crippen molar-refractivity contribution in [2.24, 2.45) is 0 Å². The Labute approximate surface area is 204 Å². The predicted octanol–water partition coefficient (Wildman–Crippen LogP) is 6.31. The van der Waals surface area contributed by atoms with Crippen molar-refractivity contribution < 1.29 is 14.0 Å². The number of hydrogen-bond donors (Lipinski definition) is 1. The van der Waals surface area contributed by atoms with Crippen molar-refractivity contribution in [2.75, 3.05) is 0 Å². The van der Waals surface area contributed by atoms with Crippen molar-refractivity contribution in [2.45, 2.75) is 43.4 Å². The van der Waals surface area contributed by atoms with E-state index in [2.05, 4.69) is 29.6 Å². The van der Waals surface area contributed by atoms with Gasteiger partial charge in [-0.15, -0.1) is 0 Å². The van der Waals surface area contributed by atoms with E-state index in [1.54, 1.807) is 12.1 Å². The standard InChI is InChI=1S/C31H26FNO2/c32-24-13-11-21(12-14-24)29-30-25(15-22(17-27(30)34)19-7-3-1-4-8-19)33-26-16-23(18-28(35)31(26)29)20-9-5-2-6-10-20/h1-14,22-23,29,33H,15-18H2/t22-,23+,29?. The van der Waals surface area contributed by atoms with Crippen LogP contribution in [0.4, 0.5) is 4.39 Å². The van der Waals surface area contributed by atoms with E-state index in [1.807, 2.05) is 36.4 Å². The zero-order valence-electron chi connectivity index (χ0n) is 19.3. The van der Waals surface area contributed by atoms with Gasteiger partial charge in [-0.1, -0.05) is 72.8 Å². The SMILES string of the molecule is O=C1C[C@@H](c2ccccc2)CC2=C1C(c1ccc(F)cc1)C1=C(C[C@@H](c3ccccc3)CC1=O)N2. The minimum absolute atomic E-state index is 0.0615. The Balaban J connectivity index is 1.44. The first kappa shape index (κ1) is 21.7. The van der Waals surface area contributed by atoms with Crippen molar-refractivity contribution in [3.05, 3.63) is 130 Å². The van der Waals surface area contributed by atoms with Crippen LogP contribution in [0.1, 0.15) is 60.1 Å². The highest BCUT2D eigenvalue weighted by Crippen LogP contribution is 2.49. The lowest BCUT2D eigenvalue weighted by Crippen LogP contribution is -2.38. The molecule has 0 saturated carbocycles. The summed E-state index contributed by atoms with van der Waals surface area (Å²) in [4.78, 5) is 27.2. The summed E-state index contributed by atoms with van der Waals surface area (Å²) in [6, 6.07) is 26.5. The van der Waals surface area contributed by atoms with E-state index in [4.69, 9.17) is 0 Å². The van der Waals surface area contributed by atoms with Gasteiger partial charge in [-0.05, 0) is 53.5 Å². The molecule has 3 atom stereocenters. The molecular weight excluding hydrogens is 437 g/mol. The number of halogens is 1. The number of ketones is 2. The van der Waals surface area contributed by atoms with Crippen molar-refractivity contribution in [1.82, 2.24) is 5.32 Å². The van der Waals surface area contributed by atoms with Gasteiger partial charge in [0.25, 0.3) is 0 Å². The van der Waals surface area contributed by atoms with Gasteiger partial charge in [-0.3, -0.25) is 9.59 Å². The van der Waals surface area contributed by atoms with Gasteiger partial charge >= 0.3 is 0 Å². The summed E-state index contributed by atoms with van der Waals surface area (Å²) < 4.78 is 13.8. The predicted molar refractivity (Wildman–Crippen MR) is 133 cm³/mol. The Bertz CT molecular complexity index is 1270. The van der Waals surface area contributed by atoms with Crippen molar-refractivity contribution in [3.63, 3.8) is 0 Å². The Morgan fingerprint density at radius 2 is 1.03 bits per heavy atom. The number of allylic oxidation sites excluding steroid dienone is 4. The Morgan fingerprint density at radius 3 is 1.49 bits per heavy atom. The van der Waals surface area contributed by atoms with Crippen molar-refractivity contribution >= 4 is 11.6 Å². The molecule has 1 heterocycles. The summed E-state index contributed by atoms with van der Waals surface area (Å²) in [5.41, 5.74) is 6.26. The van der Waals surface area contributed by atoms with Crippen LogP contribution in [0.5, 0.6) is 0 Å². The first-order valence-electron chi connectivity index (χ1n) is 12.2. The van der Waals surface area contributed by atoms with E-state index in [-0.39, 0.29) is 29.2 Å². The molecular formula is C31H26FNO2. The van der Waals surface area contributed by atoms with Gasteiger partial charge < -0.3 is 5.32 Å². The second-order valence-corrected chi connectivity index (χ2v) is 9.77. The average Bonchev–Trinajstić information content (AvgIpc) is 2.89. The maximum Gasteiger partial charge on any atom is 0.162 e. The van der Waals surface area contributed by atoms with E-state index >= 15 is 0 Å². The number of rotatable bonds is 3. The fourth-order valence-electron chi connectivity index (χ4n) is 6.01.